The predicted octanol–water partition coefficient (Wildman–Crippen LogP) is 1.04. The van der Waals surface area contributed by atoms with Gasteiger partial charge in [-0.3, -0.25) is 14.6 Å². The highest BCUT2D eigenvalue weighted by molar-refractivity contribution is 7.09. The molecule has 1 N–H and O–H groups in total. The van der Waals surface area contributed by atoms with E-state index in [1.54, 1.807) is 18.3 Å². The molecule has 1 atom stereocenters. The number of carboxylic acid groups (broad SMARTS) is 1. The Balaban J connectivity index is 1.81. The van der Waals surface area contributed by atoms with Crippen LogP contribution in [0.25, 0.3) is 0 Å². The number of hydrogen-bond acceptors (Lipinski definition) is 5. The maximum Gasteiger partial charge on any atom is 0.320 e. The Morgan fingerprint density at radius 2 is 2.17 bits per heavy atom. The van der Waals surface area contributed by atoms with Gasteiger partial charge in [0.05, 0.1) is 10.7 Å². The highest BCUT2D eigenvalue weighted by Crippen LogP contribution is 2.13. The SMILES string of the molecule is Cc1nc(CN2CCN(C(C)C(=O)O)CC2)cs1. The fourth-order valence-corrected chi connectivity index (χ4v) is 2.78. The molecule has 0 aliphatic carbocycles. The van der Waals surface area contributed by atoms with Crippen molar-refractivity contribution in [3.8, 4) is 0 Å². The van der Waals surface area contributed by atoms with E-state index in [0.717, 1.165) is 43.4 Å². The lowest BCUT2D eigenvalue weighted by molar-refractivity contribution is -0.143. The summed E-state index contributed by atoms with van der Waals surface area (Å²) in [7, 11) is 0. The Bertz CT molecular complexity index is 413. The van der Waals surface area contributed by atoms with E-state index in [4.69, 9.17) is 5.11 Å². The zero-order valence-corrected chi connectivity index (χ0v) is 11.6. The summed E-state index contributed by atoms with van der Waals surface area (Å²) in [4.78, 5) is 19.7. The van der Waals surface area contributed by atoms with Gasteiger partial charge in [-0.15, -0.1) is 11.3 Å². The topological polar surface area (TPSA) is 56.7 Å². The van der Waals surface area contributed by atoms with Crippen LogP contribution >= 0.6 is 11.3 Å². The standard InChI is InChI=1S/C12H19N3O2S/c1-9(12(16)17)15-5-3-14(4-6-15)7-11-8-18-10(2)13-11/h8-9H,3-7H2,1-2H3,(H,16,17). The third-order valence-corrected chi connectivity index (χ3v) is 4.19. The minimum absolute atomic E-state index is 0.381. The normalized spacial score (nSPS) is 19.9. The number of hydrogen-bond donors (Lipinski definition) is 1. The van der Waals surface area contributed by atoms with E-state index in [1.165, 1.54) is 0 Å². The van der Waals surface area contributed by atoms with Gasteiger partial charge in [-0.2, -0.15) is 0 Å². The monoisotopic (exact) mass is 269 g/mol. The van der Waals surface area contributed by atoms with E-state index >= 15 is 0 Å². The Morgan fingerprint density at radius 3 is 2.67 bits per heavy atom. The molecule has 1 unspecified atom stereocenters. The fraction of sp³-hybridized carbons (Fsp3) is 0.667. The van der Waals surface area contributed by atoms with E-state index in [-0.39, 0.29) is 6.04 Å². The van der Waals surface area contributed by atoms with Gasteiger partial charge < -0.3 is 5.11 Å². The van der Waals surface area contributed by atoms with Crippen molar-refractivity contribution in [1.29, 1.82) is 0 Å². The second-order valence-electron chi connectivity index (χ2n) is 4.68. The zero-order valence-electron chi connectivity index (χ0n) is 10.8. The van der Waals surface area contributed by atoms with Gasteiger partial charge in [0.25, 0.3) is 0 Å². The van der Waals surface area contributed by atoms with Crippen molar-refractivity contribution in [2.24, 2.45) is 0 Å². The minimum atomic E-state index is -0.737. The number of carbonyl (C=O) groups is 1. The van der Waals surface area contributed by atoms with Gasteiger partial charge in [0.2, 0.25) is 0 Å². The summed E-state index contributed by atoms with van der Waals surface area (Å²) in [5.41, 5.74) is 1.12. The predicted molar refractivity (Wildman–Crippen MR) is 70.8 cm³/mol. The molecule has 0 amide bonds. The van der Waals surface area contributed by atoms with Crippen LogP contribution in [0.3, 0.4) is 0 Å². The van der Waals surface area contributed by atoms with Crippen LogP contribution in [0.5, 0.6) is 0 Å². The molecule has 0 aromatic carbocycles. The largest absolute Gasteiger partial charge is 0.480 e. The fourth-order valence-electron chi connectivity index (χ4n) is 2.17. The molecule has 5 nitrogen and oxygen atoms in total. The average molecular weight is 269 g/mol. The first-order valence-corrected chi connectivity index (χ1v) is 7.04. The molecule has 2 heterocycles. The maximum atomic E-state index is 10.9. The van der Waals surface area contributed by atoms with Gasteiger partial charge >= 0.3 is 5.97 Å². The number of rotatable bonds is 4. The van der Waals surface area contributed by atoms with Gasteiger partial charge in [-0.25, -0.2) is 4.98 Å². The van der Waals surface area contributed by atoms with E-state index in [0.29, 0.717) is 0 Å². The molecule has 6 heteroatoms. The van der Waals surface area contributed by atoms with Crippen molar-refractivity contribution in [2.45, 2.75) is 26.4 Å². The van der Waals surface area contributed by atoms with E-state index in [2.05, 4.69) is 15.3 Å². The lowest BCUT2D eigenvalue weighted by Gasteiger charge is -2.36. The van der Waals surface area contributed by atoms with Gasteiger partial charge in [0, 0.05) is 38.1 Å². The molecule has 0 saturated carbocycles. The molecule has 1 aromatic heterocycles. The molecule has 1 aliphatic heterocycles. The minimum Gasteiger partial charge on any atom is -0.480 e. The molecule has 1 aliphatic rings. The zero-order chi connectivity index (χ0) is 13.1. The summed E-state index contributed by atoms with van der Waals surface area (Å²) in [6, 6.07) is -0.381. The first-order chi connectivity index (χ1) is 8.56. The Hall–Kier alpha value is -0.980. The molecular weight excluding hydrogens is 250 g/mol. The Labute approximate surface area is 111 Å². The van der Waals surface area contributed by atoms with Crippen molar-refractivity contribution < 1.29 is 9.90 Å². The first kappa shape index (κ1) is 13.5. The van der Waals surface area contributed by atoms with Crippen LogP contribution in [0.15, 0.2) is 5.38 Å². The smallest absolute Gasteiger partial charge is 0.320 e. The summed E-state index contributed by atoms with van der Waals surface area (Å²) in [6.45, 7) is 8.09. The second kappa shape index (κ2) is 5.77. The van der Waals surface area contributed by atoms with Crippen LogP contribution < -0.4 is 0 Å². The van der Waals surface area contributed by atoms with Crippen molar-refractivity contribution in [1.82, 2.24) is 14.8 Å². The molecule has 18 heavy (non-hydrogen) atoms. The summed E-state index contributed by atoms with van der Waals surface area (Å²) in [5.74, 6) is -0.737. The lowest BCUT2D eigenvalue weighted by Crippen LogP contribution is -2.51. The molecule has 2 rings (SSSR count). The number of carboxylic acids is 1. The van der Waals surface area contributed by atoms with Crippen LogP contribution in [-0.2, 0) is 11.3 Å². The van der Waals surface area contributed by atoms with Crippen molar-refractivity contribution in [3.05, 3.63) is 16.1 Å². The van der Waals surface area contributed by atoms with Crippen LogP contribution in [0, 0.1) is 6.92 Å². The Kier molecular flexibility index (Phi) is 4.31. The molecule has 1 aromatic rings. The van der Waals surface area contributed by atoms with Crippen molar-refractivity contribution in [3.63, 3.8) is 0 Å². The summed E-state index contributed by atoms with van der Waals surface area (Å²) in [5, 5.41) is 12.2. The third kappa shape index (κ3) is 3.28. The van der Waals surface area contributed by atoms with Crippen LogP contribution in [0.2, 0.25) is 0 Å². The van der Waals surface area contributed by atoms with E-state index < -0.39 is 5.97 Å². The highest BCUT2D eigenvalue weighted by Gasteiger charge is 2.25. The van der Waals surface area contributed by atoms with E-state index in [1.807, 2.05) is 11.8 Å². The van der Waals surface area contributed by atoms with E-state index in [9.17, 15) is 4.79 Å². The Morgan fingerprint density at radius 1 is 1.50 bits per heavy atom. The maximum absolute atomic E-state index is 10.9. The summed E-state index contributed by atoms with van der Waals surface area (Å²) in [6.07, 6.45) is 0. The highest BCUT2D eigenvalue weighted by atomic mass is 32.1. The molecule has 0 spiro atoms. The molecule has 100 valence electrons. The van der Waals surface area contributed by atoms with Crippen LogP contribution in [-0.4, -0.2) is 58.1 Å². The number of piperazine rings is 1. The second-order valence-corrected chi connectivity index (χ2v) is 5.75. The van der Waals surface area contributed by atoms with Gasteiger partial charge in [0.1, 0.15) is 6.04 Å². The molecule has 1 saturated heterocycles. The lowest BCUT2D eigenvalue weighted by atomic mass is 10.2. The van der Waals surface area contributed by atoms with Crippen molar-refractivity contribution in [2.75, 3.05) is 26.2 Å². The van der Waals surface area contributed by atoms with Crippen molar-refractivity contribution >= 4 is 17.3 Å². The summed E-state index contributed by atoms with van der Waals surface area (Å²) >= 11 is 1.68. The van der Waals surface area contributed by atoms with Crippen LogP contribution in [0.4, 0.5) is 0 Å². The molecule has 0 radical (unpaired) electrons. The number of aromatic nitrogens is 1. The number of thiazole rings is 1. The first-order valence-electron chi connectivity index (χ1n) is 6.16. The van der Waals surface area contributed by atoms with Gasteiger partial charge in [-0.05, 0) is 13.8 Å². The van der Waals surface area contributed by atoms with Crippen LogP contribution in [0.1, 0.15) is 17.6 Å². The average Bonchev–Trinajstić information content (AvgIpc) is 2.75. The van der Waals surface area contributed by atoms with Gasteiger partial charge in [-0.1, -0.05) is 0 Å². The molecular formula is C12H19N3O2S. The third-order valence-electron chi connectivity index (χ3n) is 3.36. The number of aryl methyl sites for hydroxylation is 1. The quantitative estimate of drug-likeness (QED) is 0.885. The summed E-state index contributed by atoms with van der Waals surface area (Å²) < 4.78 is 0. The van der Waals surface area contributed by atoms with Gasteiger partial charge in [0.15, 0.2) is 0 Å². The number of aliphatic carboxylic acids is 1. The number of nitrogens with zero attached hydrogens (tertiary/aromatic N) is 3. The molecule has 1 fully saturated rings. The molecule has 0 bridgehead atoms.